The molecule has 0 radical (unpaired) electrons. The molecule has 1 aromatic rings. The molecule has 0 aromatic heterocycles. The van der Waals surface area contributed by atoms with Crippen LogP contribution in [0.1, 0.15) is 37.9 Å². The highest BCUT2D eigenvalue weighted by atomic mass is 35.5. The molecule has 0 spiro atoms. The Hall–Kier alpha value is -1.11. The zero-order valence-corrected chi connectivity index (χ0v) is 10.9. The van der Waals surface area contributed by atoms with Gasteiger partial charge in [0.2, 0.25) is 0 Å². The minimum Gasteiger partial charge on any atom is -0.387 e. The van der Waals surface area contributed by atoms with Gasteiger partial charge in [-0.1, -0.05) is 24.6 Å². The Bertz CT molecular complexity index is 499. The van der Waals surface area contributed by atoms with Crippen molar-refractivity contribution < 1.29 is 9.50 Å². The van der Waals surface area contributed by atoms with Crippen LogP contribution in [0.5, 0.6) is 0 Å². The number of halogens is 2. The van der Waals surface area contributed by atoms with Crippen LogP contribution in [0.15, 0.2) is 18.2 Å². The summed E-state index contributed by atoms with van der Waals surface area (Å²) in [4.78, 5) is 0. The topological polar surface area (TPSA) is 44.0 Å². The van der Waals surface area contributed by atoms with Crippen LogP contribution in [0.2, 0.25) is 5.02 Å². The Morgan fingerprint density at radius 3 is 2.83 bits per heavy atom. The molecule has 2 nitrogen and oxygen atoms in total. The number of aliphatic hydroxyl groups excluding tert-OH is 1. The van der Waals surface area contributed by atoms with Gasteiger partial charge in [-0.15, -0.1) is 0 Å². The van der Waals surface area contributed by atoms with Gasteiger partial charge < -0.3 is 5.11 Å². The van der Waals surface area contributed by atoms with Crippen molar-refractivity contribution >= 4 is 11.6 Å². The Labute approximate surface area is 111 Å². The van der Waals surface area contributed by atoms with Gasteiger partial charge in [0.15, 0.2) is 0 Å². The smallest absolute Gasteiger partial charge is 0.130 e. The van der Waals surface area contributed by atoms with E-state index in [9.17, 15) is 14.8 Å². The Balaban J connectivity index is 2.36. The fourth-order valence-corrected chi connectivity index (χ4v) is 2.92. The molecule has 1 N–H and O–H groups in total. The minimum atomic E-state index is -1.09. The third kappa shape index (κ3) is 2.23. The van der Waals surface area contributed by atoms with Gasteiger partial charge in [-0.25, -0.2) is 4.39 Å². The molecule has 1 aliphatic rings. The van der Waals surface area contributed by atoms with E-state index in [1.165, 1.54) is 18.2 Å². The lowest BCUT2D eigenvalue weighted by Crippen LogP contribution is -2.25. The van der Waals surface area contributed by atoms with E-state index in [0.29, 0.717) is 18.8 Å². The standard InChI is InChI=1S/C14H15ClFNO/c1-9-4-5-14(7-9,8-17)13(18)11-3-2-10(15)6-12(11)16/h2-3,6,9,13,18H,4-5,7H2,1H3. The highest BCUT2D eigenvalue weighted by Crippen LogP contribution is 2.49. The highest BCUT2D eigenvalue weighted by Gasteiger charge is 2.45. The van der Waals surface area contributed by atoms with Crippen molar-refractivity contribution in [2.24, 2.45) is 11.3 Å². The highest BCUT2D eigenvalue weighted by molar-refractivity contribution is 6.30. The lowest BCUT2D eigenvalue weighted by molar-refractivity contribution is 0.0615. The molecular weight excluding hydrogens is 253 g/mol. The fraction of sp³-hybridized carbons (Fsp3) is 0.500. The molecule has 2 rings (SSSR count). The van der Waals surface area contributed by atoms with Crippen LogP contribution in [0.3, 0.4) is 0 Å². The SMILES string of the molecule is CC1CCC(C#N)(C(O)c2ccc(Cl)cc2F)C1. The number of hydrogen-bond acceptors (Lipinski definition) is 2. The summed E-state index contributed by atoms with van der Waals surface area (Å²) in [5.74, 6) is -0.168. The summed E-state index contributed by atoms with van der Waals surface area (Å²) in [5.41, 5.74) is -0.705. The third-order valence-corrected chi connectivity index (χ3v) is 4.03. The molecule has 0 heterocycles. The van der Waals surface area contributed by atoms with Crippen LogP contribution in [-0.2, 0) is 0 Å². The minimum absolute atomic E-state index is 0.162. The van der Waals surface area contributed by atoms with E-state index in [1.54, 1.807) is 0 Å². The van der Waals surface area contributed by atoms with E-state index in [1.807, 2.05) is 6.92 Å². The Morgan fingerprint density at radius 1 is 1.61 bits per heavy atom. The summed E-state index contributed by atoms with van der Waals surface area (Å²) in [6.07, 6.45) is 1.00. The molecular formula is C14H15ClFNO. The molecule has 96 valence electrons. The van der Waals surface area contributed by atoms with Crippen molar-refractivity contribution in [2.75, 3.05) is 0 Å². The molecule has 0 bridgehead atoms. The first-order chi connectivity index (χ1) is 8.48. The first-order valence-corrected chi connectivity index (χ1v) is 6.40. The van der Waals surface area contributed by atoms with Crippen LogP contribution < -0.4 is 0 Å². The van der Waals surface area contributed by atoms with Crippen LogP contribution in [0.25, 0.3) is 0 Å². The molecule has 0 aliphatic heterocycles. The summed E-state index contributed by atoms with van der Waals surface area (Å²) < 4.78 is 13.8. The molecule has 3 unspecified atom stereocenters. The van der Waals surface area contributed by atoms with Crippen LogP contribution in [0.4, 0.5) is 4.39 Å². The maximum atomic E-state index is 13.8. The van der Waals surface area contributed by atoms with Crippen molar-refractivity contribution in [2.45, 2.75) is 32.3 Å². The van der Waals surface area contributed by atoms with Gasteiger partial charge in [0.05, 0.1) is 11.5 Å². The number of rotatable bonds is 2. The largest absolute Gasteiger partial charge is 0.387 e. The van der Waals surface area contributed by atoms with Gasteiger partial charge in [-0.2, -0.15) is 5.26 Å². The summed E-state index contributed by atoms with van der Waals surface area (Å²) in [6.45, 7) is 2.05. The zero-order chi connectivity index (χ0) is 13.3. The Kier molecular flexibility index (Phi) is 3.61. The van der Waals surface area contributed by atoms with Gasteiger partial charge in [0, 0.05) is 10.6 Å². The van der Waals surface area contributed by atoms with E-state index in [4.69, 9.17) is 11.6 Å². The molecule has 18 heavy (non-hydrogen) atoms. The molecule has 4 heteroatoms. The predicted molar refractivity (Wildman–Crippen MR) is 67.4 cm³/mol. The second-order valence-electron chi connectivity index (χ2n) is 5.18. The number of aliphatic hydroxyl groups is 1. The van der Waals surface area contributed by atoms with Crippen LogP contribution in [-0.4, -0.2) is 5.11 Å². The van der Waals surface area contributed by atoms with E-state index >= 15 is 0 Å². The predicted octanol–water partition coefficient (Wildman–Crippen LogP) is 3.84. The number of nitriles is 1. The second-order valence-corrected chi connectivity index (χ2v) is 5.62. The molecule has 0 saturated heterocycles. The van der Waals surface area contributed by atoms with Crippen molar-refractivity contribution in [1.29, 1.82) is 5.26 Å². The zero-order valence-electron chi connectivity index (χ0n) is 10.2. The van der Waals surface area contributed by atoms with Crippen molar-refractivity contribution in [3.63, 3.8) is 0 Å². The first-order valence-electron chi connectivity index (χ1n) is 6.03. The first kappa shape index (κ1) is 13.3. The van der Waals surface area contributed by atoms with E-state index in [-0.39, 0.29) is 10.6 Å². The van der Waals surface area contributed by atoms with Crippen LogP contribution in [0, 0.1) is 28.5 Å². The van der Waals surface area contributed by atoms with Crippen molar-refractivity contribution in [3.05, 3.63) is 34.6 Å². The third-order valence-electron chi connectivity index (χ3n) is 3.80. The molecule has 1 aromatic carbocycles. The van der Waals surface area contributed by atoms with Crippen LogP contribution >= 0.6 is 11.6 Å². The van der Waals surface area contributed by atoms with Crippen molar-refractivity contribution in [1.82, 2.24) is 0 Å². The van der Waals surface area contributed by atoms with E-state index in [0.717, 1.165) is 6.42 Å². The van der Waals surface area contributed by atoms with E-state index in [2.05, 4.69) is 6.07 Å². The van der Waals surface area contributed by atoms with Gasteiger partial charge in [0.25, 0.3) is 0 Å². The van der Waals surface area contributed by atoms with Crippen molar-refractivity contribution in [3.8, 4) is 6.07 Å². The summed E-state index contributed by atoms with van der Waals surface area (Å²) in [5, 5.41) is 20.0. The number of hydrogen-bond donors (Lipinski definition) is 1. The van der Waals surface area contributed by atoms with E-state index < -0.39 is 17.3 Å². The van der Waals surface area contributed by atoms with Gasteiger partial charge in [0.1, 0.15) is 11.9 Å². The number of benzene rings is 1. The molecule has 1 fully saturated rings. The Morgan fingerprint density at radius 2 is 2.33 bits per heavy atom. The second kappa shape index (κ2) is 4.87. The normalized spacial score (nSPS) is 28.9. The molecule has 1 aliphatic carbocycles. The fourth-order valence-electron chi connectivity index (χ4n) is 2.76. The van der Waals surface area contributed by atoms with Gasteiger partial charge >= 0.3 is 0 Å². The summed E-state index contributed by atoms with van der Waals surface area (Å²) in [7, 11) is 0. The maximum Gasteiger partial charge on any atom is 0.130 e. The average Bonchev–Trinajstić information content (AvgIpc) is 2.71. The van der Waals surface area contributed by atoms with Gasteiger partial charge in [-0.05, 0) is 37.3 Å². The maximum absolute atomic E-state index is 13.8. The average molecular weight is 268 g/mol. The lowest BCUT2D eigenvalue weighted by Gasteiger charge is -2.27. The monoisotopic (exact) mass is 267 g/mol. The molecule has 3 atom stereocenters. The number of nitrogens with zero attached hydrogens (tertiary/aromatic N) is 1. The summed E-state index contributed by atoms with van der Waals surface area (Å²) >= 11 is 5.69. The molecule has 1 saturated carbocycles. The molecule has 0 amide bonds. The quantitative estimate of drug-likeness (QED) is 0.885. The lowest BCUT2D eigenvalue weighted by atomic mass is 9.78. The van der Waals surface area contributed by atoms with Gasteiger partial charge in [-0.3, -0.25) is 0 Å². The summed E-state index contributed by atoms with van der Waals surface area (Å²) in [6, 6.07) is 6.37.